The van der Waals surface area contributed by atoms with Gasteiger partial charge in [-0.2, -0.15) is 0 Å². The topological polar surface area (TPSA) is 17.1 Å². The highest BCUT2D eigenvalue weighted by Gasteiger charge is 2.33. The molecule has 0 amide bonds. The van der Waals surface area contributed by atoms with Crippen molar-refractivity contribution in [3.8, 4) is 0 Å². The van der Waals surface area contributed by atoms with Gasteiger partial charge in [0, 0.05) is 20.3 Å². The number of hydrogen-bond acceptors (Lipinski definition) is 4. The summed E-state index contributed by atoms with van der Waals surface area (Å²) in [6, 6.07) is 2.05. The van der Waals surface area contributed by atoms with Gasteiger partial charge in [-0.15, -0.1) is 34.9 Å². The van der Waals surface area contributed by atoms with Gasteiger partial charge >= 0.3 is 0 Å². The van der Waals surface area contributed by atoms with Crippen LogP contribution in [0.15, 0.2) is 23.1 Å². The zero-order chi connectivity index (χ0) is 24.1. The molecule has 2 heterocycles. The number of thiophene rings is 1. The number of thioether (sulfide) groups is 2. The molecule has 33 heavy (non-hydrogen) atoms. The summed E-state index contributed by atoms with van der Waals surface area (Å²) >= 11 is 5.89. The van der Waals surface area contributed by atoms with E-state index in [0.29, 0.717) is 16.4 Å². The lowest BCUT2D eigenvalue weighted by Gasteiger charge is -2.24. The van der Waals surface area contributed by atoms with Crippen molar-refractivity contribution in [2.24, 2.45) is 5.92 Å². The van der Waals surface area contributed by atoms with Crippen LogP contribution in [-0.4, -0.2) is 16.8 Å². The van der Waals surface area contributed by atoms with Crippen molar-refractivity contribution in [3.63, 3.8) is 0 Å². The predicted octanol–water partition coefficient (Wildman–Crippen LogP) is 10.7. The van der Waals surface area contributed by atoms with E-state index in [1.54, 1.807) is 16.2 Å². The highest BCUT2D eigenvalue weighted by molar-refractivity contribution is 8.11. The molecule has 0 fully saturated rings. The van der Waals surface area contributed by atoms with Crippen LogP contribution < -0.4 is 0 Å². The van der Waals surface area contributed by atoms with E-state index in [0.717, 1.165) is 11.2 Å². The summed E-state index contributed by atoms with van der Waals surface area (Å²) in [4.78, 5) is 16.6. The Balaban J connectivity index is 2.18. The van der Waals surface area contributed by atoms with Gasteiger partial charge in [0.15, 0.2) is 6.29 Å². The van der Waals surface area contributed by atoms with Gasteiger partial charge in [-0.1, -0.05) is 97.6 Å². The number of carbonyl (C=O) groups excluding carboxylic acids is 1. The average Bonchev–Trinajstić information content (AvgIpc) is 3.40. The molecule has 0 N–H and O–H groups in total. The molecule has 1 nitrogen and oxygen atoms in total. The van der Waals surface area contributed by atoms with Crippen molar-refractivity contribution < 1.29 is 4.79 Å². The summed E-state index contributed by atoms with van der Waals surface area (Å²) in [6.07, 6.45) is 21.8. The number of rotatable bonds is 17. The lowest BCUT2D eigenvalue weighted by molar-refractivity contribution is 0.112. The van der Waals surface area contributed by atoms with Gasteiger partial charge < -0.3 is 0 Å². The van der Waals surface area contributed by atoms with Gasteiger partial charge in [0.05, 0.1) is 4.88 Å². The van der Waals surface area contributed by atoms with Gasteiger partial charge in [-0.3, -0.25) is 4.79 Å². The number of allylic oxidation sites excluding steroid dienone is 2. The Kier molecular flexibility index (Phi) is 14.2. The molecule has 1 aliphatic heterocycles. The largest absolute Gasteiger partial charge is 0.297 e. The third-order valence-corrected chi connectivity index (χ3v) is 10.6. The van der Waals surface area contributed by atoms with Crippen LogP contribution >= 0.6 is 34.9 Å². The molecule has 0 saturated carbocycles. The fourth-order valence-corrected chi connectivity index (χ4v) is 8.62. The van der Waals surface area contributed by atoms with E-state index in [2.05, 4.69) is 76.4 Å². The van der Waals surface area contributed by atoms with Gasteiger partial charge in [-0.05, 0) is 48.6 Å². The van der Waals surface area contributed by atoms with E-state index >= 15 is 0 Å². The van der Waals surface area contributed by atoms with Crippen LogP contribution in [0.25, 0.3) is 4.91 Å². The molecule has 0 bridgehead atoms. The first-order valence-electron chi connectivity index (χ1n) is 13.3. The first kappa shape index (κ1) is 28.8. The molecule has 1 aromatic heterocycles. The van der Waals surface area contributed by atoms with Crippen LogP contribution in [0.4, 0.5) is 0 Å². The second-order valence-electron chi connectivity index (χ2n) is 9.53. The van der Waals surface area contributed by atoms with Crippen LogP contribution in [0.2, 0.25) is 0 Å². The number of aldehydes is 1. The number of aryl methyl sites for hydroxylation is 1. The number of hydrogen-bond donors (Lipinski definition) is 0. The maximum Gasteiger partial charge on any atom is 0.160 e. The van der Waals surface area contributed by atoms with E-state index in [4.69, 9.17) is 0 Å². The second-order valence-corrected chi connectivity index (χ2v) is 13.3. The Morgan fingerprint density at radius 1 is 1.06 bits per heavy atom. The Morgan fingerprint density at radius 3 is 2.42 bits per heavy atom. The lowest BCUT2D eigenvalue weighted by Crippen LogP contribution is -2.15. The van der Waals surface area contributed by atoms with Gasteiger partial charge in [0.2, 0.25) is 0 Å². The molecule has 0 aromatic carbocycles. The molecule has 0 aliphatic carbocycles. The lowest BCUT2D eigenvalue weighted by atomic mass is 9.95. The van der Waals surface area contributed by atoms with Crippen LogP contribution in [0, 0.1) is 12.8 Å². The third kappa shape index (κ3) is 9.61. The summed E-state index contributed by atoms with van der Waals surface area (Å²) in [5.74, 6) is 0.603. The van der Waals surface area contributed by atoms with Crippen molar-refractivity contribution >= 4 is 46.1 Å². The molecule has 0 radical (unpaired) electrons. The molecule has 2 rings (SSSR count). The molecular weight excluding hydrogens is 461 g/mol. The number of carbonyl (C=O) groups is 1. The van der Waals surface area contributed by atoms with E-state index in [1.807, 2.05) is 0 Å². The van der Waals surface area contributed by atoms with Crippen LogP contribution in [0.1, 0.15) is 125 Å². The molecule has 3 atom stereocenters. The molecule has 186 valence electrons. The summed E-state index contributed by atoms with van der Waals surface area (Å²) in [5.41, 5.74) is 1.25. The first-order valence-corrected chi connectivity index (χ1v) is 15.9. The zero-order valence-electron chi connectivity index (χ0n) is 21.7. The smallest absolute Gasteiger partial charge is 0.160 e. The quantitative estimate of drug-likeness (QED) is 0.154. The summed E-state index contributed by atoms with van der Waals surface area (Å²) in [7, 11) is 0. The highest BCUT2D eigenvalue weighted by Crippen LogP contribution is 2.52. The first-order chi connectivity index (χ1) is 16.0. The van der Waals surface area contributed by atoms with Crippen molar-refractivity contribution in [2.75, 3.05) is 0 Å². The Morgan fingerprint density at radius 2 is 1.79 bits per heavy atom. The average molecular weight is 507 g/mol. The summed E-state index contributed by atoms with van der Waals surface area (Å²) in [5, 5.41) is 1.22. The van der Waals surface area contributed by atoms with E-state index in [-0.39, 0.29) is 0 Å². The summed E-state index contributed by atoms with van der Waals surface area (Å²) in [6.45, 7) is 11.5. The van der Waals surface area contributed by atoms with Crippen molar-refractivity contribution in [1.82, 2.24) is 0 Å². The van der Waals surface area contributed by atoms with Gasteiger partial charge in [0.1, 0.15) is 0 Å². The van der Waals surface area contributed by atoms with Gasteiger partial charge in [-0.25, -0.2) is 0 Å². The maximum atomic E-state index is 11.4. The minimum Gasteiger partial charge on any atom is -0.297 e. The van der Waals surface area contributed by atoms with E-state index in [1.165, 1.54) is 92.4 Å². The van der Waals surface area contributed by atoms with Crippen LogP contribution in [-0.2, 0) is 0 Å². The van der Waals surface area contributed by atoms with E-state index < -0.39 is 0 Å². The minimum absolute atomic E-state index is 0.539. The minimum atomic E-state index is 0.539. The predicted molar refractivity (Wildman–Crippen MR) is 155 cm³/mol. The molecular formula is C29H46OS3. The fourth-order valence-electron chi connectivity index (χ4n) is 4.46. The maximum absolute atomic E-state index is 11.4. The van der Waals surface area contributed by atoms with Crippen molar-refractivity contribution in [2.45, 2.75) is 122 Å². The SMILES string of the molecule is CCC/C=C(\SC(C)CCCCCC)C1SC(c2sc(C=O)cc2C)=CC1CCCCCC. The monoisotopic (exact) mass is 506 g/mol. The molecule has 0 spiro atoms. The summed E-state index contributed by atoms with van der Waals surface area (Å²) < 4.78 is 0. The molecule has 0 saturated heterocycles. The fraction of sp³-hybridized carbons (Fsp3) is 0.690. The number of unbranched alkanes of at least 4 members (excludes halogenated alkanes) is 7. The Labute approximate surface area is 216 Å². The molecule has 4 heteroatoms. The van der Waals surface area contributed by atoms with Crippen LogP contribution in [0.3, 0.4) is 0 Å². The molecule has 1 aromatic rings. The second kappa shape index (κ2) is 16.3. The third-order valence-electron chi connectivity index (χ3n) is 6.39. The molecule has 1 aliphatic rings. The Bertz CT molecular complexity index is 761. The normalized spacial score (nSPS) is 19.7. The van der Waals surface area contributed by atoms with Crippen molar-refractivity contribution in [1.29, 1.82) is 0 Å². The van der Waals surface area contributed by atoms with Crippen molar-refractivity contribution in [3.05, 3.63) is 38.4 Å². The standard InChI is InChI=1S/C29H46OS3/c1-6-9-12-14-16-23(5)31-26(18-11-8-3)29-24(17-15-13-10-7-2)20-27(33-29)28-22(4)19-25(21-30)32-28/h18-21,23-24,29H,6-17H2,1-5H3/b26-18-. The zero-order valence-corrected chi connectivity index (χ0v) is 24.1. The highest BCUT2D eigenvalue weighted by atomic mass is 32.2. The molecule has 3 unspecified atom stereocenters. The van der Waals surface area contributed by atoms with E-state index in [9.17, 15) is 4.79 Å². The Hall–Kier alpha value is -0.450. The van der Waals surface area contributed by atoms with Gasteiger partial charge in [0.25, 0.3) is 0 Å². The van der Waals surface area contributed by atoms with Crippen LogP contribution in [0.5, 0.6) is 0 Å².